The zero-order valence-corrected chi connectivity index (χ0v) is 13.0. The highest BCUT2D eigenvalue weighted by molar-refractivity contribution is 5.25. The first-order valence-corrected chi connectivity index (χ1v) is 7.89. The molecule has 112 valence electrons. The Hall–Kier alpha value is -0.870. The molecule has 1 spiro atoms. The summed E-state index contributed by atoms with van der Waals surface area (Å²) in [5.74, 6) is 0.936. The molecule has 2 aliphatic carbocycles. The highest BCUT2D eigenvalue weighted by Crippen LogP contribution is 2.57. The van der Waals surface area contributed by atoms with Gasteiger partial charge in [0.25, 0.3) is 0 Å². The van der Waals surface area contributed by atoms with Gasteiger partial charge in [0.1, 0.15) is 5.76 Å². The van der Waals surface area contributed by atoms with Crippen molar-refractivity contribution >= 4 is 0 Å². The summed E-state index contributed by atoms with van der Waals surface area (Å²) in [6.45, 7) is 9.16. The SMILES string of the molecule is CCOC1CC(NC(C)c2c(C)noc2C)C12CCC2. The minimum absolute atomic E-state index is 0.298. The minimum Gasteiger partial charge on any atom is -0.378 e. The molecule has 0 bridgehead atoms. The van der Waals surface area contributed by atoms with Crippen LogP contribution in [0.2, 0.25) is 0 Å². The fourth-order valence-electron chi connectivity index (χ4n) is 4.17. The predicted molar refractivity (Wildman–Crippen MR) is 77.6 cm³/mol. The fourth-order valence-corrected chi connectivity index (χ4v) is 4.17. The lowest BCUT2D eigenvalue weighted by molar-refractivity contribution is -0.174. The Morgan fingerprint density at radius 2 is 2.20 bits per heavy atom. The Balaban J connectivity index is 1.67. The van der Waals surface area contributed by atoms with Gasteiger partial charge in [-0.1, -0.05) is 11.6 Å². The van der Waals surface area contributed by atoms with Gasteiger partial charge in [0, 0.05) is 29.7 Å². The molecule has 1 N–H and O–H groups in total. The third-order valence-corrected chi connectivity index (χ3v) is 5.41. The molecule has 0 aliphatic heterocycles. The van der Waals surface area contributed by atoms with Crippen LogP contribution in [-0.2, 0) is 4.74 Å². The quantitative estimate of drug-likeness (QED) is 0.898. The molecule has 2 saturated carbocycles. The molecule has 4 heteroatoms. The maximum atomic E-state index is 5.91. The Kier molecular flexibility index (Phi) is 3.63. The average Bonchev–Trinajstić information content (AvgIpc) is 2.65. The summed E-state index contributed by atoms with van der Waals surface area (Å²) in [5.41, 5.74) is 2.63. The van der Waals surface area contributed by atoms with Crippen LogP contribution in [0.5, 0.6) is 0 Å². The fraction of sp³-hybridized carbons (Fsp3) is 0.812. The predicted octanol–water partition coefficient (Wildman–Crippen LogP) is 3.29. The monoisotopic (exact) mass is 278 g/mol. The van der Waals surface area contributed by atoms with Crippen molar-refractivity contribution in [2.45, 2.75) is 71.6 Å². The Labute approximate surface area is 121 Å². The lowest BCUT2D eigenvalue weighted by Crippen LogP contribution is -2.67. The first-order valence-electron chi connectivity index (χ1n) is 7.89. The summed E-state index contributed by atoms with van der Waals surface area (Å²) in [5, 5.41) is 7.87. The van der Waals surface area contributed by atoms with E-state index in [0.29, 0.717) is 23.6 Å². The number of nitrogens with zero attached hydrogens (tertiary/aromatic N) is 1. The molecule has 0 radical (unpaired) electrons. The summed E-state index contributed by atoms with van der Waals surface area (Å²) in [7, 11) is 0. The van der Waals surface area contributed by atoms with Gasteiger partial charge in [-0.25, -0.2) is 0 Å². The molecule has 3 atom stereocenters. The lowest BCUT2D eigenvalue weighted by atomic mass is 9.51. The van der Waals surface area contributed by atoms with Gasteiger partial charge < -0.3 is 14.6 Å². The van der Waals surface area contributed by atoms with E-state index in [9.17, 15) is 0 Å². The number of hydrogen-bond acceptors (Lipinski definition) is 4. The molecule has 4 nitrogen and oxygen atoms in total. The van der Waals surface area contributed by atoms with E-state index >= 15 is 0 Å². The van der Waals surface area contributed by atoms with Crippen molar-refractivity contribution in [3.63, 3.8) is 0 Å². The van der Waals surface area contributed by atoms with E-state index in [0.717, 1.165) is 24.5 Å². The zero-order valence-electron chi connectivity index (χ0n) is 13.0. The minimum atomic E-state index is 0.298. The summed E-state index contributed by atoms with van der Waals surface area (Å²) in [6, 6.07) is 0.878. The van der Waals surface area contributed by atoms with Gasteiger partial charge in [-0.3, -0.25) is 0 Å². The maximum Gasteiger partial charge on any atom is 0.138 e. The molecule has 3 rings (SSSR count). The molecular weight excluding hydrogens is 252 g/mol. The highest BCUT2D eigenvalue weighted by atomic mass is 16.5. The van der Waals surface area contributed by atoms with E-state index in [4.69, 9.17) is 9.26 Å². The summed E-state index contributed by atoms with van der Waals surface area (Å²) < 4.78 is 11.2. The van der Waals surface area contributed by atoms with Crippen molar-refractivity contribution in [1.29, 1.82) is 0 Å². The van der Waals surface area contributed by atoms with Gasteiger partial charge in [-0.05, 0) is 47.0 Å². The maximum absolute atomic E-state index is 5.91. The van der Waals surface area contributed by atoms with Crippen molar-refractivity contribution in [3.8, 4) is 0 Å². The van der Waals surface area contributed by atoms with Crippen molar-refractivity contribution in [1.82, 2.24) is 10.5 Å². The van der Waals surface area contributed by atoms with Crippen LogP contribution in [0.15, 0.2) is 4.52 Å². The molecule has 1 heterocycles. The van der Waals surface area contributed by atoms with Crippen LogP contribution in [0.25, 0.3) is 0 Å². The van der Waals surface area contributed by atoms with Crippen molar-refractivity contribution in [2.75, 3.05) is 6.61 Å². The topological polar surface area (TPSA) is 47.3 Å². The number of aromatic nitrogens is 1. The van der Waals surface area contributed by atoms with E-state index in [1.165, 1.54) is 24.8 Å². The zero-order chi connectivity index (χ0) is 14.3. The number of rotatable bonds is 5. The molecule has 1 aromatic rings. The summed E-state index contributed by atoms with van der Waals surface area (Å²) in [4.78, 5) is 0. The first kappa shape index (κ1) is 14.1. The second-order valence-corrected chi connectivity index (χ2v) is 6.45. The molecule has 0 saturated heterocycles. The van der Waals surface area contributed by atoms with E-state index < -0.39 is 0 Å². The van der Waals surface area contributed by atoms with E-state index in [1.807, 2.05) is 13.8 Å². The van der Waals surface area contributed by atoms with Crippen molar-refractivity contribution in [3.05, 3.63) is 17.0 Å². The van der Waals surface area contributed by atoms with Crippen molar-refractivity contribution < 1.29 is 9.26 Å². The Morgan fingerprint density at radius 1 is 1.45 bits per heavy atom. The molecule has 3 unspecified atom stereocenters. The Bertz CT molecular complexity index is 459. The summed E-state index contributed by atoms with van der Waals surface area (Å²) >= 11 is 0. The number of hydrogen-bond donors (Lipinski definition) is 1. The number of nitrogens with one attached hydrogen (secondary N) is 1. The highest BCUT2D eigenvalue weighted by Gasteiger charge is 2.58. The van der Waals surface area contributed by atoms with Crippen LogP contribution >= 0.6 is 0 Å². The normalized spacial score (nSPS) is 29.0. The molecular formula is C16H26N2O2. The van der Waals surface area contributed by atoms with Gasteiger partial charge in [-0.15, -0.1) is 0 Å². The van der Waals surface area contributed by atoms with Crippen molar-refractivity contribution in [2.24, 2.45) is 5.41 Å². The largest absolute Gasteiger partial charge is 0.378 e. The molecule has 2 fully saturated rings. The molecule has 0 aromatic carbocycles. The van der Waals surface area contributed by atoms with E-state index in [-0.39, 0.29) is 0 Å². The standard InChI is InChI=1S/C16H26N2O2/c1-5-19-14-9-13(16(14)7-6-8-16)17-10(2)15-11(3)18-20-12(15)4/h10,13-14,17H,5-9H2,1-4H3. The van der Waals surface area contributed by atoms with Crippen LogP contribution in [0, 0.1) is 19.3 Å². The smallest absolute Gasteiger partial charge is 0.138 e. The second-order valence-electron chi connectivity index (χ2n) is 6.45. The number of aryl methyl sites for hydroxylation is 2. The molecule has 1 aromatic heterocycles. The van der Waals surface area contributed by atoms with Gasteiger partial charge >= 0.3 is 0 Å². The lowest BCUT2D eigenvalue weighted by Gasteiger charge is -2.61. The van der Waals surface area contributed by atoms with Crippen LogP contribution in [0.1, 0.15) is 62.6 Å². The van der Waals surface area contributed by atoms with Crippen LogP contribution in [-0.4, -0.2) is 23.9 Å². The van der Waals surface area contributed by atoms with Gasteiger partial charge in [0.2, 0.25) is 0 Å². The van der Waals surface area contributed by atoms with E-state index in [2.05, 4.69) is 24.3 Å². The number of ether oxygens (including phenoxy) is 1. The summed E-state index contributed by atoms with van der Waals surface area (Å²) in [6.07, 6.45) is 5.58. The van der Waals surface area contributed by atoms with Crippen LogP contribution < -0.4 is 5.32 Å². The van der Waals surface area contributed by atoms with E-state index in [1.54, 1.807) is 0 Å². The molecule has 20 heavy (non-hydrogen) atoms. The van der Waals surface area contributed by atoms with Crippen LogP contribution in [0.3, 0.4) is 0 Å². The van der Waals surface area contributed by atoms with Gasteiger partial charge in [-0.2, -0.15) is 0 Å². The molecule has 2 aliphatic rings. The Morgan fingerprint density at radius 3 is 2.70 bits per heavy atom. The third-order valence-electron chi connectivity index (χ3n) is 5.41. The first-order chi connectivity index (χ1) is 9.58. The average molecular weight is 278 g/mol. The third kappa shape index (κ3) is 2.01. The van der Waals surface area contributed by atoms with Crippen LogP contribution in [0.4, 0.5) is 0 Å². The second kappa shape index (κ2) is 5.15. The van der Waals surface area contributed by atoms with Gasteiger partial charge in [0.15, 0.2) is 0 Å². The van der Waals surface area contributed by atoms with Gasteiger partial charge in [0.05, 0.1) is 11.8 Å². The molecule has 0 amide bonds.